The van der Waals surface area contributed by atoms with Crippen LogP contribution in [0.1, 0.15) is 29.5 Å². The summed E-state index contributed by atoms with van der Waals surface area (Å²) in [6.45, 7) is 0.622. The summed E-state index contributed by atoms with van der Waals surface area (Å²) in [6, 6.07) is 11.9. The Kier molecular flexibility index (Phi) is 8.85. The molecule has 6 nitrogen and oxygen atoms in total. The van der Waals surface area contributed by atoms with Crippen molar-refractivity contribution in [1.29, 1.82) is 0 Å². The summed E-state index contributed by atoms with van der Waals surface area (Å²) in [4.78, 5) is 4.45. The smallest absolute Gasteiger partial charge is 0.193 e. The summed E-state index contributed by atoms with van der Waals surface area (Å²) in [6.07, 6.45) is 4.68. The lowest BCUT2D eigenvalue weighted by Crippen LogP contribution is -2.24. The first-order chi connectivity index (χ1) is 13.2. The van der Waals surface area contributed by atoms with Crippen LogP contribution in [-0.4, -0.2) is 31.4 Å². The minimum Gasteiger partial charge on any atom is -0.493 e. The number of nitrogens with one attached hydrogen (secondary N) is 1. The summed E-state index contributed by atoms with van der Waals surface area (Å²) in [7, 11) is 1.59. The second-order valence-electron chi connectivity index (χ2n) is 6.53. The van der Waals surface area contributed by atoms with Gasteiger partial charge in [-0.2, -0.15) is 0 Å². The lowest BCUT2D eigenvalue weighted by Gasteiger charge is -2.19. The number of aryl methyl sites for hydroxylation is 1. The maximum Gasteiger partial charge on any atom is 0.193 e. The molecule has 0 atom stereocenters. The number of rotatable bonds is 7. The zero-order chi connectivity index (χ0) is 19.1. The molecule has 0 radical (unpaired) electrons. The number of fused-ring (bicyclic) bond motifs is 1. The van der Waals surface area contributed by atoms with Gasteiger partial charge in [-0.25, -0.2) is 4.99 Å². The lowest BCUT2D eigenvalue weighted by atomic mass is 9.90. The normalized spacial score (nSPS) is 13.3. The molecule has 0 fully saturated rings. The Hall–Kier alpha value is -2.00. The second kappa shape index (κ2) is 11.1. The average molecular weight is 497 g/mol. The molecule has 0 heterocycles. The number of nitrogens with two attached hydrogens (primary N) is 1. The van der Waals surface area contributed by atoms with E-state index in [1.54, 1.807) is 7.11 Å². The topological polar surface area (TPSA) is 89.1 Å². The van der Waals surface area contributed by atoms with Gasteiger partial charge in [-0.3, -0.25) is 0 Å². The standard InChI is InChI=1S/C21H27N3O3.HI/c1-26-20-13-15(9-10-19(20)27-12-11-25)14-23-21(22)24-18-8-4-6-16-5-2-3-7-17(16)18;/h4,6,8-10,13,25H,2-3,5,7,11-12,14H2,1H3,(H3,22,23,24);1H. The predicted molar refractivity (Wildman–Crippen MR) is 123 cm³/mol. The van der Waals surface area contributed by atoms with Crippen LogP contribution in [-0.2, 0) is 19.4 Å². The largest absolute Gasteiger partial charge is 0.493 e. The number of guanidine groups is 1. The number of anilines is 1. The summed E-state index contributed by atoms with van der Waals surface area (Å²) in [5.74, 6) is 1.61. The Morgan fingerprint density at radius 1 is 1.18 bits per heavy atom. The van der Waals surface area contributed by atoms with Gasteiger partial charge in [-0.1, -0.05) is 18.2 Å². The molecule has 1 aliphatic rings. The number of nitrogens with zero attached hydrogens (tertiary/aromatic N) is 1. The van der Waals surface area contributed by atoms with Crippen molar-refractivity contribution in [2.75, 3.05) is 25.6 Å². The first-order valence-electron chi connectivity index (χ1n) is 9.29. The minimum absolute atomic E-state index is 0. The van der Waals surface area contributed by atoms with E-state index in [0.29, 0.717) is 24.0 Å². The van der Waals surface area contributed by atoms with Crippen LogP contribution in [0.25, 0.3) is 0 Å². The molecule has 152 valence electrons. The van der Waals surface area contributed by atoms with Gasteiger partial charge in [0.05, 0.1) is 20.3 Å². The van der Waals surface area contributed by atoms with Gasteiger partial charge in [0.25, 0.3) is 0 Å². The number of methoxy groups -OCH3 is 1. The molecule has 0 saturated heterocycles. The third kappa shape index (κ3) is 5.75. The SMILES string of the molecule is COc1cc(CN=C(N)Nc2cccc3c2CCCC3)ccc1OCCO.I. The van der Waals surface area contributed by atoms with Crippen molar-refractivity contribution >= 4 is 35.6 Å². The highest BCUT2D eigenvalue weighted by molar-refractivity contribution is 14.0. The van der Waals surface area contributed by atoms with Crippen LogP contribution in [0.15, 0.2) is 41.4 Å². The highest BCUT2D eigenvalue weighted by Crippen LogP contribution is 2.29. The second-order valence-corrected chi connectivity index (χ2v) is 6.53. The maximum absolute atomic E-state index is 8.88. The van der Waals surface area contributed by atoms with Gasteiger partial charge in [0.1, 0.15) is 6.61 Å². The van der Waals surface area contributed by atoms with Crippen LogP contribution in [0.4, 0.5) is 5.69 Å². The molecule has 7 heteroatoms. The fourth-order valence-corrected chi connectivity index (χ4v) is 3.34. The molecule has 0 saturated carbocycles. The molecular formula is C21H28IN3O3. The van der Waals surface area contributed by atoms with Crippen LogP contribution in [0, 0.1) is 0 Å². The molecule has 3 rings (SSSR count). The minimum atomic E-state index is -0.0411. The molecule has 4 N–H and O–H groups in total. The molecule has 0 spiro atoms. The monoisotopic (exact) mass is 497 g/mol. The molecule has 0 aliphatic heterocycles. The molecule has 2 aromatic carbocycles. The number of hydrogen-bond donors (Lipinski definition) is 3. The Bertz CT molecular complexity index is 811. The quantitative estimate of drug-likeness (QED) is 0.310. The predicted octanol–water partition coefficient (Wildman–Crippen LogP) is 3.49. The summed E-state index contributed by atoms with van der Waals surface area (Å²) < 4.78 is 10.8. The van der Waals surface area contributed by atoms with E-state index in [4.69, 9.17) is 20.3 Å². The molecule has 1 aliphatic carbocycles. The van der Waals surface area contributed by atoms with Crippen LogP contribution in [0.3, 0.4) is 0 Å². The highest BCUT2D eigenvalue weighted by Gasteiger charge is 2.13. The summed E-state index contributed by atoms with van der Waals surface area (Å²) >= 11 is 0. The zero-order valence-electron chi connectivity index (χ0n) is 16.1. The molecule has 28 heavy (non-hydrogen) atoms. The number of halogens is 1. The number of aliphatic hydroxyl groups is 1. The van der Waals surface area contributed by atoms with Crippen molar-refractivity contribution in [3.05, 3.63) is 53.1 Å². The van der Waals surface area contributed by atoms with E-state index in [2.05, 4.69) is 28.5 Å². The van der Waals surface area contributed by atoms with E-state index in [0.717, 1.165) is 24.1 Å². The van der Waals surface area contributed by atoms with Gasteiger partial charge >= 0.3 is 0 Å². The van der Waals surface area contributed by atoms with Crippen LogP contribution >= 0.6 is 24.0 Å². The fourth-order valence-electron chi connectivity index (χ4n) is 3.34. The Morgan fingerprint density at radius 3 is 2.79 bits per heavy atom. The van der Waals surface area contributed by atoms with Crippen molar-refractivity contribution in [1.82, 2.24) is 0 Å². The van der Waals surface area contributed by atoms with Gasteiger partial charge in [-0.15, -0.1) is 24.0 Å². The number of benzene rings is 2. The maximum atomic E-state index is 8.88. The van der Waals surface area contributed by atoms with Crippen LogP contribution in [0.5, 0.6) is 11.5 Å². The molecule has 2 aromatic rings. The van der Waals surface area contributed by atoms with Gasteiger partial charge in [0.15, 0.2) is 17.5 Å². The Balaban J connectivity index is 0.00000280. The third-order valence-corrected chi connectivity index (χ3v) is 4.67. The van der Waals surface area contributed by atoms with Crippen molar-refractivity contribution in [2.24, 2.45) is 10.7 Å². The van der Waals surface area contributed by atoms with E-state index in [1.807, 2.05) is 18.2 Å². The van der Waals surface area contributed by atoms with Crippen LogP contribution < -0.4 is 20.5 Å². The highest BCUT2D eigenvalue weighted by atomic mass is 127. The molecule has 0 aromatic heterocycles. The Morgan fingerprint density at radius 2 is 2.00 bits per heavy atom. The van der Waals surface area contributed by atoms with Gasteiger partial charge < -0.3 is 25.6 Å². The lowest BCUT2D eigenvalue weighted by molar-refractivity contribution is 0.196. The number of hydrogen-bond acceptors (Lipinski definition) is 4. The zero-order valence-corrected chi connectivity index (χ0v) is 18.4. The molecule has 0 unspecified atom stereocenters. The fraction of sp³-hybridized carbons (Fsp3) is 0.381. The van der Waals surface area contributed by atoms with Crippen molar-refractivity contribution in [3.8, 4) is 11.5 Å². The summed E-state index contributed by atoms with van der Waals surface area (Å²) in [5.41, 5.74) is 10.9. The molecule has 0 amide bonds. The van der Waals surface area contributed by atoms with Gasteiger partial charge in [-0.05, 0) is 60.6 Å². The van der Waals surface area contributed by atoms with Gasteiger partial charge in [0, 0.05) is 5.69 Å². The van der Waals surface area contributed by atoms with E-state index in [-0.39, 0.29) is 37.2 Å². The Labute approximate surface area is 183 Å². The average Bonchev–Trinajstić information content (AvgIpc) is 2.71. The number of aliphatic imine (C=N–C) groups is 1. The van der Waals surface area contributed by atoms with Crippen molar-refractivity contribution < 1.29 is 14.6 Å². The van der Waals surface area contributed by atoms with E-state index >= 15 is 0 Å². The number of ether oxygens (including phenoxy) is 2. The van der Waals surface area contributed by atoms with Crippen molar-refractivity contribution in [2.45, 2.75) is 32.2 Å². The molecule has 0 bridgehead atoms. The molecular weight excluding hydrogens is 469 g/mol. The van der Waals surface area contributed by atoms with Gasteiger partial charge in [0.2, 0.25) is 0 Å². The van der Waals surface area contributed by atoms with Crippen molar-refractivity contribution in [3.63, 3.8) is 0 Å². The first-order valence-corrected chi connectivity index (χ1v) is 9.29. The first kappa shape index (κ1) is 22.3. The number of aliphatic hydroxyl groups excluding tert-OH is 1. The third-order valence-electron chi connectivity index (χ3n) is 4.67. The van der Waals surface area contributed by atoms with Crippen LogP contribution in [0.2, 0.25) is 0 Å². The van der Waals surface area contributed by atoms with E-state index in [1.165, 1.54) is 24.0 Å². The van der Waals surface area contributed by atoms with E-state index < -0.39 is 0 Å². The summed E-state index contributed by atoms with van der Waals surface area (Å²) in [5, 5.41) is 12.1. The van der Waals surface area contributed by atoms with E-state index in [9.17, 15) is 0 Å².